The van der Waals surface area contributed by atoms with Crippen molar-refractivity contribution in [1.29, 1.82) is 0 Å². The molecule has 2 nitrogen and oxygen atoms in total. The molecule has 0 radical (unpaired) electrons. The van der Waals surface area contributed by atoms with Crippen molar-refractivity contribution in [2.45, 2.75) is 78.3 Å². The third kappa shape index (κ3) is 2.47. The van der Waals surface area contributed by atoms with E-state index in [0.717, 1.165) is 18.4 Å². The van der Waals surface area contributed by atoms with Gasteiger partial charge in [-0.1, -0.05) is 40.5 Å². The van der Waals surface area contributed by atoms with Crippen molar-refractivity contribution in [3.63, 3.8) is 0 Å². The highest BCUT2D eigenvalue weighted by Crippen LogP contribution is 2.49. The molecular formula is C17H34N2. The molecule has 112 valence electrons. The highest BCUT2D eigenvalue weighted by Gasteiger charge is 2.52. The third-order valence-corrected chi connectivity index (χ3v) is 6.39. The van der Waals surface area contributed by atoms with Gasteiger partial charge in [-0.05, 0) is 43.4 Å². The van der Waals surface area contributed by atoms with Crippen LogP contribution in [-0.2, 0) is 0 Å². The number of nitrogens with zero attached hydrogens (tertiary/aromatic N) is 1. The van der Waals surface area contributed by atoms with E-state index in [-0.39, 0.29) is 5.54 Å². The van der Waals surface area contributed by atoms with Gasteiger partial charge in [-0.15, -0.1) is 0 Å². The van der Waals surface area contributed by atoms with E-state index in [2.05, 4.69) is 39.5 Å². The second-order valence-electron chi connectivity index (χ2n) is 8.04. The molecule has 1 aliphatic heterocycles. The minimum absolute atomic E-state index is 0.230. The zero-order valence-electron chi connectivity index (χ0n) is 13.7. The van der Waals surface area contributed by atoms with Crippen LogP contribution in [0.2, 0.25) is 0 Å². The monoisotopic (exact) mass is 266 g/mol. The van der Waals surface area contributed by atoms with Crippen molar-refractivity contribution in [3.8, 4) is 0 Å². The van der Waals surface area contributed by atoms with Crippen molar-refractivity contribution in [2.24, 2.45) is 23.0 Å². The molecule has 1 heterocycles. The van der Waals surface area contributed by atoms with Crippen LogP contribution in [0.1, 0.15) is 66.7 Å². The molecule has 4 atom stereocenters. The number of nitrogens with two attached hydrogens (primary N) is 1. The van der Waals surface area contributed by atoms with Gasteiger partial charge in [0.25, 0.3) is 0 Å². The van der Waals surface area contributed by atoms with Gasteiger partial charge < -0.3 is 5.73 Å². The molecule has 19 heavy (non-hydrogen) atoms. The summed E-state index contributed by atoms with van der Waals surface area (Å²) < 4.78 is 0. The molecule has 1 saturated carbocycles. The third-order valence-electron chi connectivity index (χ3n) is 6.39. The first-order chi connectivity index (χ1) is 8.84. The van der Waals surface area contributed by atoms with Crippen LogP contribution in [0.25, 0.3) is 0 Å². The van der Waals surface area contributed by atoms with Gasteiger partial charge in [-0.2, -0.15) is 0 Å². The van der Waals surface area contributed by atoms with Crippen molar-refractivity contribution >= 4 is 0 Å². The first-order valence-corrected chi connectivity index (χ1v) is 8.31. The van der Waals surface area contributed by atoms with Crippen molar-refractivity contribution in [1.82, 2.24) is 4.90 Å². The van der Waals surface area contributed by atoms with E-state index in [1.807, 2.05) is 0 Å². The zero-order chi connectivity index (χ0) is 14.3. The highest BCUT2D eigenvalue weighted by molar-refractivity contribution is 5.07. The second-order valence-corrected chi connectivity index (χ2v) is 8.04. The summed E-state index contributed by atoms with van der Waals surface area (Å²) in [5, 5.41) is 0. The fourth-order valence-corrected chi connectivity index (χ4v) is 4.86. The lowest BCUT2D eigenvalue weighted by molar-refractivity contribution is -0.0989. The van der Waals surface area contributed by atoms with Gasteiger partial charge in [0, 0.05) is 24.7 Å². The number of hydrogen-bond donors (Lipinski definition) is 1. The Bertz CT molecular complexity index is 312. The van der Waals surface area contributed by atoms with Gasteiger partial charge in [0.15, 0.2) is 0 Å². The van der Waals surface area contributed by atoms with Crippen molar-refractivity contribution in [2.75, 3.05) is 13.1 Å². The lowest BCUT2D eigenvalue weighted by atomic mass is 9.60. The van der Waals surface area contributed by atoms with E-state index >= 15 is 0 Å². The Morgan fingerprint density at radius 2 is 1.74 bits per heavy atom. The van der Waals surface area contributed by atoms with Crippen LogP contribution in [0.3, 0.4) is 0 Å². The van der Waals surface area contributed by atoms with E-state index in [9.17, 15) is 0 Å². The summed E-state index contributed by atoms with van der Waals surface area (Å²) >= 11 is 0. The Balaban J connectivity index is 2.33. The van der Waals surface area contributed by atoms with Gasteiger partial charge in [-0.25, -0.2) is 0 Å². The molecule has 0 bridgehead atoms. The van der Waals surface area contributed by atoms with Crippen molar-refractivity contribution in [3.05, 3.63) is 0 Å². The summed E-state index contributed by atoms with van der Waals surface area (Å²) in [5.41, 5.74) is 6.94. The van der Waals surface area contributed by atoms with Gasteiger partial charge in [0.1, 0.15) is 0 Å². The summed E-state index contributed by atoms with van der Waals surface area (Å²) in [7, 11) is 0. The Hall–Kier alpha value is -0.0800. The SMILES string of the molecule is CC1CC(C)C(C)N(C2(CN)CCCCC2(C)C)C1. The smallest absolute Gasteiger partial charge is 0.0385 e. The molecule has 0 aromatic heterocycles. The zero-order valence-corrected chi connectivity index (χ0v) is 13.7. The van der Waals surface area contributed by atoms with Crippen molar-refractivity contribution < 1.29 is 0 Å². The van der Waals surface area contributed by atoms with Gasteiger partial charge in [0.2, 0.25) is 0 Å². The van der Waals surface area contributed by atoms with Gasteiger partial charge >= 0.3 is 0 Å². The molecule has 2 aliphatic rings. The molecule has 1 aliphatic carbocycles. The fourth-order valence-electron chi connectivity index (χ4n) is 4.86. The number of hydrogen-bond acceptors (Lipinski definition) is 2. The van der Waals surface area contributed by atoms with Crippen LogP contribution in [0.5, 0.6) is 0 Å². The standard InChI is InChI=1S/C17H34N2/c1-13-10-14(2)15(3)19(11-13)17(12-18)9-7-6-8-16(17,4)5/h13-15H,6-12,18H2,1-5H3. The molecule has 0 aromatic rings. The Labute approximate surface area is 120 Å². The van der Waals surface area contributed by atoms with E-state index in [4.69, 9.17) is 5.73 Å². The van der Waals surface area contributed by atoms with Crippen LogP contribution in [0.4, 0.5) is 0 Å². The lowest BCUT2D eigenvalue weighted by Crippen LogP contribution is -2.68. The molecule has 0 aromatic carbocycles. The maximum Gasteiger partial charge on any atom is 0.0385 e. The minimum atomic E-state index is 0.230. The second kappa shape index (κ2) is 5.37. The fraction of sp³-hybridized carbons (Fsp3) is 1.00. The van der Waals surface area contributed by atoms with E-state index in [1.165, 1.54) is 38.6 Å². The summed E-state index contributed by atoms with van der Waals surface area (Å²) in [6, 6.07) is 0.678. The first-order valence-electron chi connectivity index (χ1n) is 8.31. The largest absolute Gasteiger partial charge is 0.329 e. The van der Waals surface area contributed by atoms with Crippen LogP contribution in [-0.4, -0.2) is 29.6 Å². The number of likely N-dealkylation sites (tertiary alicyclic amines) is 1. The first kappa shape index (κ1) is 15.3. The quantitative estimate of drug-likeness (QED) is 0.826. The maximum atomic E-state index is 6.36. The highest BCUT2D eigenvalue weighted by atomic mass is 15.3. The molecule has 2 N–H and O–H groups in total. The van der Waals surface area contributed by atoms with Gasteiger partial charge in [-0.3, -0.25) is 4.90 Å². The molecule has 0 amide bonds. The Morgan fingerprint density at radius 3 is 2.32 bits per heavy atom. The minimum Gasteiger partial charge on any atom is -0.329 e. The summed E-state index contributed by atoms with van der Waals surface area (Å²) in [6.07, 6.45) is 6.73. The number of rotatable bonds is 2. The molecule has 1 saturated heterocycles. The van der Waals surface area contributed by atoms with E-state index in [1.54, 1.807) is 0 Å². The molecule has 4 unspecified atom stereocenters. The van der Waals surface area contributed by atoms with Crippen LogP contribution < -0.4 is 5.73 Å². The predicted octanol–water partition coefficient (Wildman–Crippen LogP) is 3.65. The average Bonchev–Trinajstić information content (AvgIpc) is 2.34. The van der Waals surface area contributed by atoms with Gasteiger partial charge in [0.05, 0.1) is 0 Å². The number of piperidine rings is 1. The summed E-state index contributed by atoms with van der Waals surface area (Å²) in [5.74, 6) is 1.61. The topological polar surface area (TPSA) is 29.3 Å². The Kier molecular flexibility index (Phi) is 4.32. The molecule has 2 heteroatoms. The molecule has 2 rings (SSSR count). The molecule has 2 fully saturated rings. The van der Waals surface area contributed by atoms with Crippen LogP contribution in [0, 0.1) is 17.3 Å². The maximum absolute atomic E-state index is 6.36. The summed E-state index contributed by atoms with van der Waals surface area (Å²) in [6.45, 7) is 14.2. The van der Waals surface area contributed by atoms with Crippen LogP contribution >= 0.6 is 0 Å². The normalized spacial score (nSPS) is 44.2. The summed E-state index contributed by atoms with van der Waals surface area (Å²) in [4.78, 5) is 2.81. The molecule has 0 spiro atoms. The average molecular weight is 266 g/mol. The van der Waals surface area contributed by atoms with E-state index < -0.39 is 0 Å². The van der Waals surface area contributed by atoms with Crippen LogP contribution in [0.15, 0.2) is 0 Å². The lowest BCUT2D eigenvalue weighted by Gasteiger charge is -2.60. The van der Waals surface area contributed by atoms with E-state index in [0.29, 0.717) is 11.5 Å². The molecular weight excluding hydrogens is 232 g/mol. The predicted molar refractivity (Wildman–Crippen MR) is 83.1 cm³/mol. The Morgan fingerprint density at radius 1 is 1.11 bits per heavy atom.